The van der Waals surface area contributed by atoms with Crippen molar-refractivity contribution in [3.05, 3.63) is 29.3 Å². The Hall–Kier alpha value is -1.02. The van der Waals surface area contributed by atoms with Gasteiger partial charge < -0.3 is 10.2 Å². The number of nitrogens with one attached hydrogen (secondary N) is 1. The number of anilines is 1. The number of rotatable bonds is 0. The van der Waals surface area contributed by atoms with Crippen LogP contribution in [0.15, 0.2) is 18.2 Å². The van der Waals surface area contributed by atoms with Gasteiger partial charge in [-0.3, -0.25) is 0 Å². The molecule has 1 fully saturated rings. The van der Waals surface area contributed by atoms with E-state index in [2.05, 4.69) is 28.4 Å². The van der Waals surface area contributed by atoms with Crippen LogP contribution in [0.2, 0.25) is 0 Å². The van der Waals surface area contributed by atoms with E-state index in [0.717, 1.165) is 11.8 Å². The summed E-state index contributed by atoms with van der Waals surface area (Å²) in [4.78, 5) is 2.67. The first-order valence-corrected chi connectivity index (χ1v) is 7.01. The van der Waals surface area contributed by atoms with Crippen molar-refractivity contribution >= 4 is 5.69 Å². The molecule has 90 valence electrons. The maximum absolute atomic E-state index is 3.58. The van der Waals surface area contributed by atoms with Crippen LogP contribution in [0.25, 0.3) is 0 Å². The van der Waals surface area contributed by atoms with Gasteiger partial charge in [0.1, 0.15) is 0 Å². The first-order valence-electron chi connectivity index (χ1n) is 7.01. The van der Waals surface area contributed by atoms with E-state index in [9.17, 15) is 0 Å². The van der Waals surface area contributed by atoms with Crippen molar-refractivity contribution in [1.29, 1.82) is 0 Å². The maximum Gasteiger partial charge on any atom is 0.0434 e. The molecular formula is C15H20N2. The topological polar surface area (TPSA) is 15.3 Å². The minimum absolute atomic E-state index is 0.771. The summed E-state index contributed by atoms with van der Waals surface area (Å²) in [5.41, 5.74) is 4.83. The predicted octanol–water partition coefficient (Wildman–Crippen LogP) is 2.15. The molecule has 3 heterocycles. The van der Waals surface area contributed by atoms with E-state index in [0.29, 0.717) is 0 Å². The number of hydrogen-bond acceptors (Lipinski definition) is 2. The van der Waals surface area contributed by atoms with Crippen molar-refractivity contribution in [2.45, 2.75) is 25.2 Å². The Bertz CT molecular complexity index is 441. The first-order chi connectivity index (χ1) is 8.43. The third-order valence-electron chi connectivity index (χ3n) is 4.82. The largest absolute Gasteiger partial charge is 0.371 e. The fourth-order valence-electron chi connectivity index (χ4n) is 4.03. The van der Waals surface area contributed by atoms with Crippen LogP contribution in [0.5, 0.6) is 0 Å². The van der Waals surface area contributed by atoms with Gasteiger partial charge >= 0.3 is 0 Å². The van der Waals surface area contributed by atoms with Gasteiger partial charge in [0.15, 0.2) is 0 Å². The standard InChI is InChI=1S/C15H20N2/c1-3-11-4-2-8-17-10-12-6-7-16-9-14(12)13(5-1)15(11)17/h1,3,5,12,14,16H,2,4,6-10H2/t12-,14-/m0/s1. The average Bonchev–Trinajstić information content (AvgIpc) is 2.39. The lowest BCUT2D eigenvalue weighted by Crippen LogP contribution is -2.47. The summed E-state index contributed by atoms with van der Waals surface area (Å²) in [7, 11) is 0. The molecule has 0 unspecified atom stereocenters. The molecule has 0 amide bonds. The number of aryl methyl sites for hydroxylation is 1. The molecule has 0 spiro atoms. The lowest BCUT2D eigenvalue weighted by atomic mass is 9.75. The second-order valence-corrected chi connectivity index (χ2v) is 5.76. The molecule has 4 rings (SSSR count). The SMILES string of the molecule is c1cc2c3c(c1)[C@H]1CNCC[C@H]1CN3CCC2. The normalized spacial score (nSPS) is 30.7. The van der Waals surface area contributed by atoms with Gasteiger partial charge in [0, 0.05) is 31.2 Å². The van der Waals surface area contributed by atoms with E-state index in [1.807, 2.05) is 0 Å². The third kappa shape index (κ3) is 1.43. The molecule has 2 nitrogen and oxygen atoms in total. The molecule has 1 aromatic carbocycles. The van der Waals surface area contributed by atoms with Crippen molar-refractivity contribution in [2.75, 3.05) is 31.1 Å². The van der Waals surface area contributed by atoms with Crippen LogP contribution in [-0.4, -0.2) is 26.2 Å². The Morgan fingerprint density at radius 1 is 1.29 bits per heavy atom. The maximum atomic E-state index is 3.58. The van der Waals surface area contributed by atoms with Crippen LogP contribution in [0.1, 0.15) is 29.9 Å². The van der Waals surface area contributed by atoms with Gasteiger partial charge in [-0.1, -0.05) is 18.2 Å². The molecule has 2 atom stereocenters. The summed E-state index contributed by atoms with van der Waals surface area (Å²) in [6, 6.07) is 6.98. The summed E-state index contributed by atoms with van der Waals surface area (Å²) in [5, 5.41) is 3.58. The van der Waals surface area contributed by atoms with Gasteiger partial charge in [0.05, 0.1) is 0 Å². The molecule has 2 heteroatoms. The number of benzene rings is 1. The Labute approximate surface area is 103 Å². The molecule has 17 heavy (non-hydrogen) atoms. The van der Waals surface area contributed by atoms with Crippen LogP contribution >= 0.6 is 0 Å². The number of para-hydroxylation sites is 1. The van der Waals surface area contributed by atoms with Gasteiger partial charge in [0.2, 0.25) is 0 Å². The number of hydrogen-bond donors (Lipinski definition) is 1. The van der Waals surface area contributed by atoms with Gasteiger partial charge in [-0.15, -0.1) is 0 Å². The smallest absolute Gasteiger partial charge is 0.0434 e. The zero-order valence-electron chi connectivity index (χ0n) is 10.3. The van der Waals surface area contributed by atoms with Crippen molar-refractivity contribution < 1.29 is 0 Å². The highest BCUT2D eigenvalue weighted by Crippen LogP contribution is 2.44. The summed E-state index contributed by atoms with van der Waals surface area (Å²) < 4.78 is 0. The molecular weight excluding hydrogens is 208 g/mol. The molecule has 0 aromatic heterocycles. The van der Waals surface area contributed by atoms with Crippen LogP contribution in [0.3, 0.4) is 0 Å². The van der Waals surface area contributed by atoms with Crippen molar-refractivity contribution in [1.82, 2.24) is 5.32 Å². The number of nitrogens with zero attached hydrogens (tertiary/aromatic N) is 1. The molecule has 3 aliphatic rings. The second-order valence-electron chi connectivity index (χ2n) is 5.76. The third-order valence-corrected chi connectivity index (χ3v) is 4.82. The molecule has 1 N–H and O–H groups in total. The fraction of sp³-hybridized carbons (Fsp3) is 0.600. The monoisotopic (exact) mass is 228 g/mol. The fourth-order valence-corrected chi connectivity index (χ4v) is 4.03. The molecule has 0 saturated carbocycles. The lowest BCUT2D eigenvalue weighted by Gasteiger charge is -2.46. The van der Waals surface area contributed by atoms with E-state index < -0.39 is 0 Å². The molecule has 3 aliphatic heterocycles. The van der Waals surface area contributed by atoms with Crippen LogP contribution in [0.4, 0.5) is 5.69 Å². The van der Waals surface area contributed by atoms with E-state index in [4.69, 9.17) is 0 Å². The van der Waals surface area contributed by atoms with Gasteiger partial charge in [0.25, 0.3) is 0 Å². The molecule has 1 saturated heterocycles. The first kappa shape index (κ1) is 9.95. The Morgan fingerprint density at radius 2 is 2.29 bits per heavy atom. The summed E-state index contributed by atoms with van der Waals surface area (Å²) >= 11 is 0. The van der Waals surface area contributed by atoms with E-state index in [1.54, 1.807) is 16.8 Å². The minimum Gasteiger partial charge on any atom is -0.371 e. The van der Waals surface area contributed by atoms with E-state index in [-0.39, 0.29) is 0 Å². The summed E-state index contributed by atoms with van der Waals surface area (Å²) in [5.74, 6) is 1.66. The lowest BCUT2D eigenvalue weighted by molar-refractivity contribution is 0.309. The predicted molar refractivity (Wildman–Crippen MR) is 70.7 cm³/mol. The van der Waals surface area contributed by atoms with Crippen LogP contribution < -0.4 is 10.2 Å². The average molecular weight is 228 g/mol. The quantitative estimate of drug-likeness (QED) is 0.732. The zero-order valence-corrected chi connectivity index (χ0v) is 10.3. The Balaban J connectivity index is 1.85. The molecule has 0 bridgehead atoms. The molecule has 0 radical (unpaired) electrons. The molecule has 0 aliphatic carbocycles. The summed E-state index contributed by atoms with van der Waals surface area (Å²) in [6.07, 6.45) is 3.97. The highest BCUT2D eigenvalue weighted by atomic mass is 15.2. The highest BCUT2D eigenvalue weighted by Gasteiger charge is 2.36. The Morgan fingerprint density at radius 3 is 3.29 bits per heavy atom. The zero-order chi connectivity index (χ0) is 11.2. The van der Waals surface area contributed by atoms with Crippen LogP contribution in [-0.2, 0) is 6.42 Å². The van der Waals surface area contributed by atoms with Crippen molar-refractivity contribution in [2.24, 2.45) is 5.92 Å². The van der Waals surface area contributed by atoms with E-state index in [1.165, 1.54) is 45.4 Å². The van der Waals surface area contributed by atoms with Gasteiger partial charge in [-0.2, -0.15) is 0 Å². The Kier molecular flexibility index (Phi) is 2.19. The number of piperidine rings is 1. The highest BCUT2D eigenvalue weighted by molar-refractivity contribution is 5.64. The van der Waals surface area contributed by atoms with Crippen LogP contribution in [0, 0.1) is 5.92 Å². The van der Waals surface area contributed by atoms with Crippen molar-refractivity contribution in [3.63, 3.8) is 0 Å². The molecule has 1 aromatic rings. The second kappa shape index (κ2) is 3.74. The van der Waals surface area contributed by atoms with Gasteiger partial charge in [-0.25, -0.2) is 0 Å². The van der Waals surface area contributed by atoms with Crippen molar-refractivity contribution in [3.8, 4) is 0 Å². The van der Waals surface area contributed by atoms with E-state index >= 15 is 0 Å². The van der Waals surface area contributed by atoms with Gasteiger partial charge in [-0.05, 0) is 42.9 Å². The number of fused-ring (bicyclic) bond motifs is 2. The minimum atomic E-state index is 0.771. The summed E-state index contributed by atoms with van der Waals surface area (Å²) in [6.45, 7) is 4.98.